The molecule has 2 rings (SSSR count). The fraction of sp³-hybridized carbons (Fsp3) is 0.409. The molecule has 0 spiro atoms. The number of carbonyl (C=O) groups excluding carboxylic acids is 1. The van der Waals surface area contributed by atoms with Crippen LogP contribution >= 0.6 is 0 Å². The smallest absolute Gasteiger partial charge is 0.255 e. The van der Waals surface area contributed by atoms with Gasteiger partial charge in [0.2, 0.25) is 0 Å². The number of benzene rings is 2. The highest BCUT2D eigenvalue weighted by Crippen LogP contribution is 2.35. The maximum Gasteiger partial charge on any atom is 0.255 e. The van der Waals surface area contributed by atoms with E-state index in [1.165, 1.54) is 21.3 Å². The molecule has 0 fully saturated rings. The van der Waals surface area contributed by atoms with E-state index in [1.807, 2.05) is 37.2 Å². The maximum absolute atomic E-state index is 12.9. The van der Waals surface area contributed by atoms with Crippen molar-refractivity contribution >= 4 is 5.91 Å². The Kier molecular flexibility index (Phi) is 8.17. The van der Waals surface area contributed by atoms with Crippen LogP contribution in [-0.2, 0) is 0 Å². The van der Waals surface area contributed by atoms with Gasteiger partial charge >= 0.3 is 0 Å². The van der Waals surface area contributed by atoms with E-state index in [9.17, 15) is 4.79 Å². The van der Waals surface area contributed by atoms with Gasteiger partial charge < -0.3 is 33.9 Å². The monoisotopic (exact) mass is 418 g/mol. The lowest BCUT2D eigenvalue weighted by Gasteiger charge is -2.26. The third-order valence-electron chi connectivity index (χ3n) is 4.82. The van der Waals surface area contributed by atoms with Crippen LogP contribution in [0.15, 0.2) is 30.3 Å². The summed E-state index contributed by atoms with van der Waals surface area (Å²) in [6.07, 6.45) is 0. The van der Waals surface area contributed by atoms with Crippen molar-refractivity contribution in [3.05, 3.63) is 41.5 Å². The molecule has 0 radical (unpaired) electrons. The number of hydrogen-bond donors (Lipinski definition) is 1. The molecular formula is C22H30N2O6. The van der Waals surface area contributed by atoms with E-state index in [0.29, 0.717) is 40.9 Å². The highest BCUT2D eigenvalue weighted by Gasteiger charge is 2.21. The Morgan fingerprint density at radius 2 is 1.33 bits per heavy atom. The zero-order chi connectivity index (χ0) is 22.3. The number of carbonyl (C=O) groups is 1. The number of amides is 1. The number of methoxy groups -OCH3 is 5. The summed E-state index contributed by atoms with van der Waals surface area (Å²) in [5, 5.41) is 2.98. The molecule has 2 aromatic rings. The average Bonchev–Trinajstić information content (AvgIpc) is 2.77. The van der Waals surface area contributed by atoms with E-state index < -0.39 is 0 Å². The number of nitrogens with zero attached hydrogens (tertiary/aromatic N) is 1. The summed E-state index contributed by atoms with van der Waals surface area (Å²) in [7, 11) is 11.6. The molecule has 0 aliphatic carbocycles. The molecule has 0 heterocycles. The standard InChI is InChI=1S/C22H30N2O6/c1-24(2)16(14-8-9-17(26-3)19(10-14)28-5)13-23-22(25)15-11-20(29-6)21(30-7)12-18(15)27-4/h8-12,16H,13H2,1-7H3,(H,23,25). The molecule has 1 amide bonds. The van der Waals surface area contributed by atoms with Crippen molar-refractivity contribution in [1.29, 1.82) is 0 Å². The second kappa shape index (κ2) is 10.6. The first-order chi connectivity index (χ1) is 14.4. The van der Waals surface area contributed by atoms with Gasteiger partial charge in [0, 0.05) is 18.7 Å². The van der Waals surface area contributed by atoms with Crippen LogP contribution < -0.4 is 29.0 Å². The number of likely N-dealkylation sites (N-methyl/N-ethyl adjacent to an activating group) is 1. The summed E-state index contributed by atoms with van der Waals surface area (Å²) in [6, 6.07) is 8.87. The largest absolute Gasteiger partial charge is 0.496 e. The van der Waals surface area contributed by atoms with E-state index in [0.717, 1.165) is 5.56 Å². The normalized spacial score (nSPS) is 11.6. The molecule has 0 aliphatic heterocycles. The Labute approximate surface area is 177 Å². The molecule has 1 unspecified atom stereocenters. The lowest BCUT2D eigenvalue weighted by atomic mass is 10.0. The third-order valence-corrected chi connectivity index (χ3v) is 4.82. The predicted octanol–water partition coefficient (Wildman–Crippen LogP) is 2.76. The van der Waals surface area contributed by atoms with Crippen molar-refractivity contribution in [1.82, 2.24) is 10.2 Å². The average molecular weight is 418 g/mol. The summed E-state index contributed by atoms with van der Waals surface area (Å²) < 4.78 is 26.7. The minimum absolute atomic E-state index is 0.0834. The molecule has 1 N–H and O–H groups in total. The second-order valence-corrected chi connectivity index (χ2v) is 6.71. The molecule has 0 saturated heterocycles. The molecule has 0 aliphatic rings. The van der Waals surface area contributed by atoms with Crippen molar-refractivity contribution in [2.45, 2.75) is 6.04 Å². The fourth-order valence-corrected chi connectivity index (χ4v) is 3.15. The van der Waals surface area contributed by atoms with Crippen molar-refractivity contribution in [3.63, 3.8) is 0 Å². The fourth-order valence-electron chi connectivity index (χ4n) is 3.15. The van der Waals surface area contributed by atoms with Gasteiger partial charge in [-0.05, 0) is 31.8 Å². The van der Waals surface area contributed by atoms with Crippen LogP contribution in [0.1, 0.15) is 22.0 Å². The molecule has 8 nitrogen and oxygen atoms in total. The molecule has 0 saturated carbocycles. The minimum atomic E-state index is -0.278. The Morgan fingerprint density at radius 3 is 1.87 bits per heavy atom. The minimum Gasteiger partial charge on any atom is -0.496 e. The first-order valence-electron chi connectivity index (χ1n) is 9.36. The molecule has 1 atom stereocenters. The summed E-state index contributed by atoms with van der Waals surface area (Å²) >= 11 is 0. The van der Waals surface area contributed by atoms with Gasteiger partial charge in [-0.25, -0.2) is 0 Å². The highest BCUT2D eigenvalue weighted by atomic mass is 16.5. The first-order valence-corrected chi connectivity index (χ1v) is 9.36. The summed E-state index contributed by atoms with van der Waals surface area (Å²) in [5.41, 5.74) is 1.34. The van der Waals surface area contributed by atoms with E-state index in [1.54, 1.807) is 26.4 Å². The van der Waals surface area contributed by atoms with Gasteiger partial charge in [-0.2, -0.15) is 0 Å². The zero-order valence-electron chi connectivity index (χ0n) is 18.6. The summed E-state index contributed by atoms with van der Waals surface area (Å²) in [4.78, 5) is 14.9. The van der Waals surface area contributed by atoms with E-state index >= 15 is 0 Å². The Hall–Kier alpha value is -3.13. The van der Waals surface area contributed by atoms with Crippen LogP contribution in [0.25, 0.3) is 0 Å². The molecule has 164 valence electrons. The SMILES string of the molecule is COc1ccc(C(CNC(=O)c2cc(OC)c(OC)cc2OC)N(C)C)cc1OC. The zero-order valence-corrected chi connectivity index (χ0v) is 18.6. The van der Waals surface area contributed by atoms with Crippen LogP contribution in [0.4, 0.5) is 0 Å². The van der Waals surface area contributed by atoms with Crippen LogP contribution in [0.3, 0.4) is 0 Å². The van der Waals surface area contributed by atoms with E-state index in [-0.39, 0.29) is 11.9 Å². The highest BCUT2D eigenvalue weighted by molar-refractivity contribution is 5.97. The van der Waals surface area contributed by atoms with Crippen LogP contribution in [0.5, 0.6) is 28.7 Å². The molecule has 8 heteroatoms. The van der Waals surface area contributed by atoms with Crippen molar-refractivity contribution in [2.24, 2.45) is 0 Å². The summed E-state index contributed by atoms with van der Waals surface area (Å²) in [5.74, 6) is 2.35. The van der Waals surface area contributed by atoms with Gasteiger partial charge in [0.15, 0.2) is 23.0 Å². The van der Waals surface area contributed by atoms with Gasteiger partial charge in [0.05, 0.1) is 47.2 Å². The van der Waals surface area contributed by atoms with E-state index in [2.05, 4.69) is 5.32 Å². The molecule has 0 bridgehead atoms. The summed E-state index contributed by atoms with van der Waals surface area (Å²) in [6.45, 7) is 0.374. The topological polar surface area (TPSA) is 78.5 Å². The van der Waals surface area contributed by atoms with Crippen LogP contribution in [-0.4, -0.2) is 67.0 Å². The van der Waals surface area contributed by atoms with Crippen molar-refractivity contribution < 1.29 is 28.5 Å². The lowest BCUT2D eigenvalue weighted by Crippen LogP contribution is -2.34. The third kappa shape index (κ3) is 5.07. The number of hydrogen-bond acceptors (Lipinski definition) is 7. The molecule has 0 aromatic heterocycles. The molecule has 2 aromatic carbocycles. The van der Waals surface area contributed by atoms with Crippen molar-refractivity contribution in [2.75, 3.05) is 56.2 Å². The quantitative estimate of drug-likeness (QED) is 0.636. The molecular weight excluding hydrogens is 388 g/mol. The van der Waals surface area contributed by atoms with Gasteiger partial charge in [0.25, 0.3) is 5.91 Å². The number of rotatable bonds is 10. The lowest BCUT2D eigenvalue weighted by molar-refractivity contribution is 0.0938. The van der Waals surface area contributed by atoms with Gasteiger partial charge in [-0.15, -0.1) is 0 Å². The first kappa shape index (κ1) is 23.2. The van der Waals surface area contributed by atoms with Gasteiger partial charge in [-0.1, -0.05) is 6.07 Å². The number of nitrogens with one attached hydrogen (secondary N) is 1. The predicted molar refractivity (Wildman–Crippen MR) is 114 cm³/mol. The molecule has 30 heavy (non-hydrogen) atoms. The Balaban J connectivity index is 2.26. The van der Waals surface area contributed by atoms with Gasteiger partial charge in [-0.3, -0.25) is 4.79 Å². The Morgan fingerprint density at radius 1 is 0.800 bits per heavy atom. The van der Waals surface area contributed by atoms with E-state index in [4.69, 9.17) is 23.7 Å². The van der Waals surface area contributed by atoms with Crippen molar-refractivity contribution in [3.8, 4) is 28.7 Å². The van der Waals surface area contributed by atoms with Gasteiger partial charge in [0.1, 0.15) is 5.75 Å². The van der Waals surface area contributed by atoms with Crippen LogP contribution in [0.2, 0.25) is 0 Å². The van der Waals surface area contributed by atoms with Crippen LogP contribution in [0, 0.1) is 0 Å². The Bertz CT molecular complexity index is 869. The second-order valence-electron chi connectivity index (χ2n) is 6.71. The number of ether oxygens (including phenoxy) is 5. The maximum atomic E-state index is 12.9.